The van der Waals surface area contributed by atoms with Crippen LogP contribution < -0.4 is 10.5 Å². The van der Waals surface area contributed by atoms with Crippen LogP contribution >= 0.6 is 0 Å². The monoisotopic (exact) mass is 179 g/mol. The smallest absolute Gasteiger partial charge is 0.119 e. The Morgan fingerprint density at radius 1 is 1.46 bits per heavy atom. The minimum atomic E-state index is -0.407. The predicted octanol–water partition coefficient (Wildman–Crippen LogP) is 1.13. The molecule has 0 aliphatic heterocycles. The Morgan fingerprint density at radius 3 is 2.92 bits per heavy atom. The molecule has 1 aromatic carbocycles. The highest BCUT2D eigenvalue weighted by molar-refractivity contribution is 5.41. The van der Waals surface area contributed by atoms with Gasteiger partial charge >= 0.3 is 0 Å². The van der Waals surface area contributed by atoms with Gasteiger partial charge in [0.15, 0.2) is 0 Å². The summed E-state index contributed by atoms with van der Waals surface area (Å²) in [6.07, 6.45) is 0.207. The summed E-state index contributed by atoms with van der Waals surface area (Å²) in [5, 5.41) is 9.59. The molecule has 3 heteroatoms. The lowest BCUT2D eigenvalue weighted by Gasteiger charge is -2.06. The van der Waals surface area contributed by atoms with Crippen molar-refractivity contribution >= 4 is 0 Å². The summed E-state index contributed by atoms with van der Waals surface area (Å²) in [7, 11) is 1.62. The molecule has 2 atom stereocenters. The number of hydrogen-bond donors (Lipinski definition) is 2. The van der Waals surface area contributed by atoms with Gasteiger partial charge in [-0.25, -0.2) is 0 Å². The van der Waals surface area contributed by atoms with Crippen LogP contribution in [0.25, 0.3) is 0 Å². The topological polar surface area (TPSA) is 55.5 Å². The minimum absolute atomic E-state index is 0.0555. The highest BCUT2D eigenvalue weighted by atomic mass is 16.5. The van der Waals surface area contributed by atoms with Crippen LogP contribution in [0.1, 0.15) is 29.7 Å². The first kappa shape index (κ1) is 8.53. The van der Waals surface area contributed by atoms with E-state index in [1.54, 1.807) is 7.11 Å². The second-order valence-electron chi connectivity index (χ2n) is 3.35. The quantitative estimate of drug-likeness (QED) is 0.679. The Balaban J connectivity index is 2.46. The zero-order chi connectivity index (χ0) is 9.42. The molecule has 2 unspecified atom stereocenters. The molecule has 1 aromatic rings. The van der Waals surface area contributed by atoms with Gasteiger partial charge < -0.3 is 15.6 Å². The van der Waals surface area contributed by atoms with Gasteiger partial charge in [-0.3, -0.25) is 0 Å². The summed E-state index contributed by atoms with van der Waals surface area (Å²) >= 11 is 0. The second-order valence-corrected chi connectivity index (χ2v) is 3.35. The first-order valence-electron chi connectivity index (χ1n) is 4.34. The molecule has 0 bridgehead atoms. The summed E-state index contributed by atoms with van der Waals surface area (Å²) in [6.45, 7) is 0. The molecule has 0 amide bonds. The number of aliphatic hydroxyl groups excluding tert-OH is 1. The highest BCUT2D eigenvalue weighted by Gasteiger charge is 2.26. The zero-order valence-corrected chi connectivity index (χ0v) is 7.53. The van der Waals surface area contributed by atoms with Gasteiger partial charge in [0.25, 0.3) is 0 Å². The Labute approximate surface area is 77.1 Å². The lowest BCUT2D eigenvalue weighted by molar-refractivity contribution is 0.173. The minimum Gasteiger partial charge on any atom is -0.497 e. The van der Waals surface area contributed by atoms with Crippen LogP contribution in [0.2, 0.25) is 0 Å². The highest BCUT2D eigenvalue weighted by Crippen LogP contribution is 2.38. The summed E-state index contributed by atoms with van der Waals surface area (Å²) < 4.78 is 5.09. The Kier molecular flexibility index (Phi) is 1.98. The number of benzene rings is 1. The standard InChI is InChI=1S/C10H13NO2/c1-13-6-2-3-7-8(4-6)9(11)5-10(7)12/h2-4,9-10,12H,5,11H2,1H3. The molecule has 0 heterocycles. The van der Waals surface area contributed by atoms with Crippen LogP contribution in [0.5, 0.6) is 5.75 Å². The molecule has 0 radical (unpaired) electrons. The molecular formula is C10H13NO2. The van der Waals surface area contributed by atoms with Crippen LogP contribution in [-0.4, -0.2) is 12.2 Å². The molecule has 0 spiro atoms. The molecular weight excluding hydrogens is 166 g/mol. The van der Waals surface area contributed by atoms with Crippen molar-refractivity contribution in [2.75, 3.05) is 7.11 Å². The zero-order valence-electron chi connectivity index (χ0n) is 7.53. The van der Waals surface area contributed by atoms with Gasteiger partial charge in [-0.05, 0) is 29.7 Å². The Hall–Kier alpha value is -1.06. The van der Waals surface area contributed by atoms with Crippen molar-refractivity contribution in [2.45, 2.75) is 18.6 Å². The molecule has 13 heavy (non-hydrogen) atoms. The fraction of sp³-hybridized carbons (Fsp3) is 0.400. The third-order valence-electron chi connectivity index (χ3n) is 2.53. The molecule has 0 fully saturated rings. The number of hydrogen-bond acceptors (Lipinski definition) is 3. The first-order valence-corrected chi connectivity index (χ1v) is 4.34. The molecule has 70 valence electrons. The number of ether oxygens (including phenoxy) is 1. The summed E-state index contributed by atoms with van der Waals surface area (Å²) in [4.78, 5) is 0. The maximum atomic E-state index is 9.59. The fourth-order valence-electron chi connectivity index (χ4n) is 1.80. The van der Waals surface area contributed by atoms with Crippen molar-refractivity contribution in [3.05, 3.63) is 29.3 Å². The van der Waals surface area contributed by atoms with E-state index in [9.17, 15) is 5.11 Å². The van der Waals surface area contributed by atoms with E-state index in [1.165, 1.54) is 0 Å². The normalized spacial score (nSPS) is 25.8. The van der Waals surface area contributed by atoms with Crippen molar-refractivity contribution in [3.63, 3.8) is 0 Å². The van der Waals surface area contributed by atoms with E-state index in [0.717, 1.165) is 16.9 Å². The Bertz CT molecular complexity index is 325. The second kappa shape index (κ2) is 3.01. The lowest BCUT2D eigenvalue weighted by Crippen LogP contribution is -2.05. The first-order chi connectivity index (χ1) is 6.22. The molecule has 1 aliphatic rings. The number of rotatable bonds is 1. The van der Waals surface area contributed by atoms with Crippen LogP contribution in [0.4, 0.5) is 0 Å². The predicted molar refractivity (Wildman–Crippen MR) is 49.5 cm³/mol. The average molecular weight is 179 g/mol. The maximum Gasteiger partial charge on any atom is 0.119 e. The van der Waals surface area contributed by atoms with Crippen molar-refractivity contribution in [1.29, 1.82) is 0 Å². The van der Waals surface area contributed by atoms with Gasteiger partial charge in [-0.2, -0.15) is 0 Å². The molecule has 0 aromatic heterocycles. The van der Waals surface area contributed by atoms with E-state index in [-0.39, 0.29) is 6.04 Å². The number of nitrogens with two attached hydrogens (primary N) is 1. The van der Waals surface area contributed by atoms with E-state index in [2.05, 4.69) is 0 Å². The summed E-state index contributed by atoms with van der Waals surface area (Å²) in [5.41, 5.74) is 7.79. The van der Waals surface area contributed by atoms with Crippen LogP contribution in [0.3, 0.4) is 0 Å². The van der Waals surface area contributed by atoms with Crippen LogP contribution in [0, 0.1) is 0 Å². The number of aliphatic hydroxyl groups is 1. The molecule has 3 N–H and O–H groups in total. The van der Waals surface area contributed by atoms with E-state index in [0.29, 0.717) is 6.42 Å². The number of methoxy groups -OCH3 is 1. The van der Waals surface area contributed by atoms with Gasteiger partial charge in [0.2, 0.25) is 0 Å². The summed E-state index contributed by atoms with van der Waals surface area (Å²) in [6, 6.07) is 5.57. The van der Waals surface area contributed by atoms with Crippen LogP contribution in [0.15, 0.2) is 18.2 Å². The SMILES string of the molecule is COc1ccc2c(c1)C(N)CC2O. The average Bonchev–Trinajstić information content (AvgIpc) is 2.42. The summed E-state index contributed by atoms with van der Waals surface area (Å²) in [5.74, 6) is 0.795. The van der Waals surface area contributed by atoms with Gasteiger partial charge in [0, 0.05) is 6.04 Å². The van der Waals surface area contributed by atoms with E-state index < -0.39 is 6.10 Å². The van der Waals surface area contributed by atoms with E-state index in [1.807, 2.05) is 18.2 Å². The van der Waals surface area contributed by atoms with Crippen molar-refractivity contribution in [3.8, 4) is 5.75 Å². The van der Waals surface area contributed by atoms with Gasteiger partial charge in [0.1, 0.15) is 5.75 Å². The van der Waals surface area contributed by atoms with Crippen molar-refractivity contribution in [1.82, 2.24) is 0 Å². The van der Waals surface area contributed by atoms with Crippen molar-refractivity contribution in [2.24, 2.45) is 5.73 Å². The van der Waals surface area contributed by atoms with Crippen LogP contribution in [-0.2, 0) is 0 Å². The van der Waals surface area contributed by atoms with E-state index in [4.69, 9.17) is 10.5 Å². The largest absolute Gasteiger partial charge is 0.497 e. The van der Waals surface area contributed by atoms with Crippen molar-refractivity contribution < 1.29 is 9.84 Å². The molecule has 0 saturated carbocycles. The molecule has 2 rings (SSSR count). The van der Waals surface area contributed by atoms with Gasteiger partial charge in [-0.1, -0.05) is 6.07 Å². The lowest BCUT2D eigenvalue weighted by atomic mass is 10.1. The molecule has 3 nitrogen and oxygen atoms in total. The third-order valence-corrected chi connectivity index (χ3v) is 2.53. The molecule has 1 aliphatic carbocycles. The molecule has 0 saturated heterocycles. The number of fused-ring (bicyclic) bond motifs is 1. The van der Waals surface area contributed by atoms with Gasteiger partial charge in [0.05, 0.1) is 13.2 Å². The third kappa shape index (κ3) is 1.30. The van der Waals surface area contributed by atoms with E-state index >= 15 is 0 Å². The fourth-order valence-corrected chi connectivity index (χ4v) is 1.80. The Morgan fingerprint density at radius 2 is 2.23 bits per heavy atom. The maximum absolute atomic E-state index is 9.59. The van der Waals surface area contributed by atoms with Gasteiger partial charge in [-0.15, -0.1) is 0 Å².